The number of thiazole rings is 1. The largest absolute Gasteiger partial charge is 0.383 e. The maximum Gasteiger partial charge on any atom is 0.330 e. The minimum atomic E-state index is -0.674. The number of carbonyl (C=O) groups excluding carboxylic acids is 1. The zero-order chi connectivity index (χ0) is 24.1. The molecule has 0 aliphatic heterocycles. The van der Waals surface area contributed by atoms with Crippen LogP contribution in [0.2, 0.25) is 5.02 Å². The van der Waals surface area contributed by atoms with Crippen molar-refractivity contribution in [1.29, 1.82) is 0 Å². The summed E-state index contributed by atoms with van der Waals surface area (Å²) in [5.41, 5.74) is 6.40. The minimum absolute atomic E-state index is 0.00103. The minimum Gasteiger partial charge on any atom is -0.383 e. The molecule has 0 aliphatic rings. The molecule has 0 aliphatic carbocycles. The van der Waals surface area contributed by atoms with Crippen LogP contribution in [0.5, 0.6) is 0 Å². The number of nitrogen functional groups attached to an aromatic ring is 1. The number of aromatic amines is 1. The number of nitrogens with one attached hydrogen (secondary N) is 1. The van der Waals surface area contributed by atoms with Crippen molar-refractivity contribution in [3.63, 3.8) is 0 Å². The van der Waals surface area contributed by atoms with Crippen molar-refractivity contribution >= 4 is 40.4 Å². The summed E-state index contributed by atoms with van der Waals surface area (Å²) in [6, 6.07) is 7.25. The van der Waals surface area contributed by atoms with Gasteiger partial charge in [-0.05, 0) is 31.9 Å². The number of unbranched alkanes of at least 4 members (excludes halogenated alkanes) is 2. The molecule has 176 valence electrons. The highest BCUT2D eigenvalue weighted by molar-refractivity contribution is 7.17. The fourth-order valence-electron chi connectivity index (χ4n) is 3.47. The average Bonchev–Trinajstić information content (AvgIpc) is 3.17. The predicted molar refractivity (Wildman–Crippen MR) is 135 cm³/mol. The fraction of sp³-hybridized carbons (Fsp3) is 0.391. The topological polar surface area (TPSA) is 114 Å². The smallest absolute Gasteiger partial charge is 0.330 e. The van der Waals surface area contributed by atoms with Crippen LogP contribution >= 0.6 is 22.9 Å². The van der Waals surface area contributed by atoms with Crippen LogP contribution in [-0.4, -0.2) is 27.0 Å². The Kier molecular flexibility index (Phi) is 8.10. The lowest BCUT2D eigenvalue weighted by molar-refractivity contribution is 0.0989. The molecular weight excluding hydrogens is 462 g/mol. The summed E-state index contributed by atoms with van der Waals surface area (Å²) in [6.07, 6.45) is 3.05. The average molecular weight is 490 g/mol. The van der Waals surface area contributed by atoms with Gasteiger partial charge in [0.05, 0.1) is 5.69 Å². The van der Waals surface area contributed by atoms with Crippen LogP contribution in [0.4, 0.5) is 11.5 Å². The normalized spacial score (nSPS) is 11.0. The first kappa shape index (κ1) is 24.7. The van der Waals surface area contributed by atoms with Gasteiger partial charge in [0.1, 0.15) is 15.7 Å². The highest BCUT2D eigenvalue weighted by Crippen LogP contribution is 2.31. The Hall–Kier alpha value is -2.91. The zero-order valence-electron chi connectivity index (χ0n) is 19.0. The van der Waals surface area contributed by atoms with Crippen LogP contribution in [0.15, 0.2) is 33.9 Å². The number of rotatable bonds is 9. The van der Waals surface area contributed by atoms with Gasteiger partial charge in [0.2, 0.25) is 0 Å². The van der Waals surface area contributed by atoms with Crippen molar-refractivity contribution in [1.82, 2.24) is 14.5 Å². The third-order valence-corrected chi connectivity index (χ3v) is 6.69. The lowest BCUT2D eigenvalue weighted by atomic mass is 10.2. The van der Waals surface area contributed by atoms with E-state index in [0.29, 0.717) is 40.1 Å². The third kappa shape index (κ3) is 5.36. The van der Waals surface area contributed by atoms with Crippen molar-refractivity contribution in [2.24, 2.45) is 0 Å². The third-order valence-electron chi connectivity index (χ3n) is 5.26. The molecule has 0 bridgehead atoms. The number of nitrogens with zero attached hydrogens (tertiary/aromatic N) is 3. The van der Waals surface area contributed by atoms with Crippen molar-refractivity contribution in [2.45, 2.75) is 53.0 Å². The standard InChI is InChI=1S/C23H28ClN5O3S/c1-4-6-11-28(17-19(25)29(12-7-5-2)23(32)27-20(17)30)22(31)18-14(3)26-21(33-18)15-9-8-10-16(24)13-15/h8-10,13H,4-7,11-12,25H2,1-3H3,(H,27,30,32). The first-order valence-corrected chi connectivity index (χ1v) is 12.2. The summed E-state index contributed by atoms with van der Waals surface area (Å²) in [5.74, 6) is -0.372. The number of benzene rings is 1. The second kappa shape index (κ2) is 10.8. The van der Waals surface area contributed by atoms with E-state index in [1.807, 2.05) is 26.0 Å². The van der Waals surface area contributed by atoms with Gasteiger partial charge >= 0.3 is 5.69 Å². The Morgan fingerprint density at radius 3 is 2.64 bits per heavy atom. The van der Waals surface area contributed by atoms with Crippen LogP contribution in [-0.2, 0) is 6.54 Å². The fourth-order valence-corrected chi connectivity index (χ4v) is 4.67. The molecule has 3 N–H and O–H groups in total. The molecule has 0 saturated carbocycles. The van der Waals surface area contributed by atoms with Gasteiger partial charge in [-0.25, -0.2) is 9.78 Å². The molecular formula is C23H28ClN5O3S. The van der Waals surface area contributed by atoms with Gasteiger partial charge < -0.3 is 5.73 Å². The molecule has 3 aromatic rings. The Bertz CT molecular complexity index is 1260. The van der Waals surface area contributed by atoms with Crippen molar-refractivity contribution in [3.05, 3.63) is 60.7 Å². The maximum atomic E-state index is 13.7. The Balaban J connectivity index is 2.09. The summed E-state index contributed by atoms with van der Waals surface area (Å²) in [4.78, 5) is 47.5. The predicted octanol–water partition coefficient (Wildman–Crippen LogP) is 4.45. The number of H-pyrrole nitrogens is 1. The number of hydrogen-bond acceptors (Lipinski definition) is 6. The van der Waals surface area contributed by atoms with Gasteiger partial charge in [0.15, 0.2) is 5.69 Å². The molecule has 2 aromatic heterocycles. The molecule has 0 atom stereocenters. The second-order valence-corrected chi connectivity index (χ2v) is 9.19. The molecule has 1 amide bonds. The quantitative estimate of drug-likeness (QED) is 0.460. The summed E-state index contributed by atoms with van der Waals surface area (Å²) in [7, 11) is 0. The van der Waals surface area contributed by atoms with Gasteiger partial charge in [-0.15, -0.1) is 11.3 Å². The van der Waals surface area contributed by atoms with Crippen molar-refractivity contribution in [2.75, 3.05) is 17.2 Å². The molecule has 33 heavy (non-hydrogen) atoms. The lowest BCUT2D eigenvalue weighted by Gasteiger charge is -2.24. The number of aromatic nitrogens is 3. The van der Waals surface area contributed by atoms with E-state index in [9.17, 15) is 14.4 Å². The van der Waals surface area contributed by atoms with Crippen LogP contribution in [0.3, 0.4) is 0 Å². The first-order chi connectivity index (χ1) is 15.8. The number of carbonyl (C=O) groups is 1. The highest BCUT2D eigenvalue weighted by atomic mass is 35.5. The SMILES string of the molecule is CCCCN(C(=O)c1sc(-c2cccc(Cl)c2)nc1C)c1c(N)n(CCCC)c(=O)[nH]c1=O. The van der Waals surface area contributed by atoms with E-state index >= 15 is 0 Å². The van der Waals surface area contributed by atoms with E-state index in [-0.39, 0.29) is 17.4 Å². The molecule has 8 nitrogen and oxygen atoms in total. The van der Waals surface area contributed by atoms with Crippen LogP contribution < -0.4 is 21.9 Å². The molecule has 2 heterocycles. The van der Waals surface area contributed by atoms with Gasteiger partial charge in [-0.3, -0.25) is 24.0 Å². The summed E-state index contributed by atoms with van der Waals surface area (Å²) < 4.78 is 1.32. The molecule has 0 radical (unpaired) electrons. The summed E-state index contributed by atoms with van der Waals surface area (Å²) in [5, 5.41) is 1.23. The monoisotopic (exact) mass is 489 g/mol. The Morgan fingerprint density at radius 2 is 1.97 bits per heavy atom. The van der Waals surface area contributed by atoms with Crippen molar-refractivity contribution < 1.29 is 4.79 Å². The Labute approximate surface area is 201 Å². The molecule has 3 rings (SSSR count). The van der Waals surface area contributed by atoms with Gasteiger partial charge in [0.25, 0.3) is 11.5 Å². The zero-order valence-corrected chi connectivity index (χ0v) is 20.6. The number of halogens is 1. The van der Waals surface area contributed by atoms with Crippen LogP contribution in [0, 0.1) is 6.92 Å². The maximum absolute atomic E-state index is 13.7. The van der Waals surface area contributed by atoms with E-state index < -0.39 is 11.2 Å². The lowest BCUT2D eigenvalue weighted by Crippen LogP contribution is -2.41. The van der Waals surface area contributed by atoms with Crippen LogP contribution in [0.25, 0.3) is 10.6 Å². The first-order valence-electron chi connectivity index (χ1n) is 11.0. The number of aryl methyl sites for hydroxylation is 1. The van der Waals surface area contributed by atoms with Crippen molar-refractivity contribution in [3.8, 4) is 10.6 Å². The molecule has 1 aromatic carbocycles. The van der Waals surface area contributed by atoms with Gasteiger partial charge in [0, 0.05) is 23.7 Å². The Morgan fingerprint density at radius 1 is 1.24 bits per heavy atom. The van der Waals surface area contributed by atoms with Gasteiger partial charge in [-0.1, -0.05) is 50.4 Å². The molecule has 10 heteroatoms. The van der Waals surface area contributed by atoms with Gasteiger partial charge in [-0.2, -0.15) is 0 Å². The van der Waals surface area contributed by atoms with E-state index in [1.165, 1.54) is 20.8 Å². The van der Waals surface area contributed by atoms with E-state index in [2.05, 4.69) is 9.97 Å². The molecule has 0 saturated heterocycles. The summed E-state index contributed by atoms with van der Waals surface area (Å²) >= 11 is 7.35. The number of nitrogens with two attached hydrogens (primary N) is 1. The number of hydrogen-bond donors (Lipinski definition) is 2. The van der Waals surface area contributed by atoms with Crippen LogP contribution in [0.1, 0.15) is 54.9 Å². The van der Waals surface area contributed by atoms with E-state index in [1.54, 1.807) is 19.1 Å². The molecule has 0 unspecified atom stereocenters. The highest BCUT2D eigenvalue weighted by Gasteiger charge is 2.28. The van der Waals surface area contributed by atoms with E-state index in [4.69, 9.17) is 17.3 Å². The summed E-state index contributed by atoms with van der Waals surface area (Å²) in [6.45, 7) is 6.39. The number of anilines is 2. The number of amides is 1. The molecule has 0 spiro atoms. The molecule has 0 fully saturated rings. The second-order valence-electron chi connectivity index (χ2n) is 7.75. The van der Waals surface area contributed by atoms with E-state index in [0.717, 1.165) is 24.8 Å².